The summed E-state index contributed by atoms with van der Waals surface area (Å²) in [7, 11) is 0. The van der Waals surface area contributed by atoms with Gasteiger partial charge in [-0.3, -0.25) is 4.79 Å². The molecule has 0 saturated heterocycles. The van der Waals surface area contributed by atoms with Gasteiger partial charge in [0.2, 0.25) is 0 Å². The molecular weight excluding hydrogens is 260 g/mol. The Morgan fingerprint density at radius 3 is 2.40 bits per heavy atom. The number of carbonyl (C=O) groups excluding carboxylic acids is 1. The average Bonchev–Trinajstić information content (AvgIpc) is 2.32. The second kappa shape index (κ2) is 10.5. The third-order valence-corrected chi connectivity index (χ3v) is 2.77. The summed E-state index contributed by atoms with van der Waals surface area (Å²) in [5, 5.41) is 14.3. The second-order valence-corrected chi connectivity index (χ2v) is 5.51. The first-order chi connectivity index (χ1) is 9.35. The van der Waals surface area contributed by atoms with Crippen LogP contribution in [0.2, 0.25) is 0 Å². The first kappa shape index (κ1) is 18.7. The molecule has 0 bridgehead atoms. The van der Waals surface area contributed by atoms with E-state index < -0.39 is 5.97 Å². The van der Waals surface area contributed by atoms with Crippen molar-refractivity contribution in [2.45, 2.75) is 46.6 Å². The predicted molar refractivity (Wildman–Crippen MR) is 77.7 cm³/mol. The van der Waals surface area contributed by atoms with Crippen molar-refractivity contribution in [2.24, 2.45) is 11.8 Å². The molecule has 0 aliphatic carbocycles. The normalized spacial score (nSPS) is 13.8. The van der Waals surface area contributed by atoms with Crippen LogP contribution in [-0.4, -0.2) is 42.9 Å². The SMILES string of the molecule is CCOCC(C)NC(=O)NC[C@H](CC(=O)O)CC(C)C. The molecule has 0 spiro atoms. The number of hydrogen-bond acceptors (Lipinski definition) is 3. The molecule has 1 unspecified atom stereocenters. The fraction of sp³-hybridized carbons (Fsp3) is 0.857. The van der Waals surface area contributed by atoms with Crippen LogP contribution in [-0.2, 0) is 9.53 Å². The molecule has 2 atom stereocenters. The van der Waals surface area contributed by atoms with Gasteiger partial charge in [0.1, 0.15) is 0 Å². The Labute approximate surface area is 121 Å². The number of ether oxygens (including phenoxy) is 1. The Hall–Kier alpha value is -1.30. The molecule has 0 aliphatic rings. The first-order valence-corrected chi connectivity index (χ1v) is 7.19. The highest BCUT2D eigenvalue weighted by Crippen LogP contribution is 2.14. The average molecular weight is 288 g/mol. The third-order valence-electron chi connectivity index (χ3n) is 2.77. The maximum absolute atomic E-state index is 11.7. The lowest BCUT2D eigenvalue weighted by Crippen LogP contribution is -2.44. The van der Waals surface area contributed by atoms with E-state index in [0.29, 0.717) is 25.7 Å². The van der Waals surface area contributed by atoms with Gasteiger partial charge in [0.25, 0.3) is 0 Å². The van der Waals surface area contributed by atoms with Gasteiger partial charge in [-0.25, -0.2) is 4.79 Å². The zero-order valence-electron chi connectivity index (χ0n) is 12.9. The summed E-state index contributed by atoms with van der Waals surface area (Å²) in [6.45, 7) is 9.29. The quantitative estimate of drug-likeness (QED) is 0.572. The molecule has 2 amide bonds. The van der Waals surface area contributed by atoms with E-state index in [4.69, 9.17) is 9.84 Å². The summed E-state index contributed by atoms with van der Waals surface area (Å²) in [6, 6.07) is -0.352. The molecule has 0 saturated carbocycles. The lowest BCUT2D eigenvalue weighted by Gasteiger charge is -2.19. The molecular formula is C14H28N2O4. The van der Waals surface area contributed by atoms with Crippen LogP contribution in [0.15, 0.2) is 0 Å². The summed E-state index contributed by atoms with van der Waals surface area (Å²) in [6.07, 6.45) is 0.855. The van der Waals surface area contributed by atoms with Crippen LogP contribution in [0.4, 0.5) is 4.79 Å². The number of urea groups is 1. The number of rotatable bonds is 10. The molecule has 0 radical (unpaired) electrons. The highest BCUT2D eigenvalue weighted by atomic mass is 16.5. The van der Waals surface area contributed by atoms with E-state index in [1.165, 1.54) is 0 Å². The van der Waals surface area contributed by atoms with Crippen molar-refractivity contribution in [3.8, 4) is 0 Å². The Morgan fingerprint density at radius 2 is 1.90 bits per heavy atom. The molecule has 6 heteroatoms. The minimum absolute atomic E-state index is 0.0413. The van der Waals surface area contributed by atoms with E-state index in [0.717, 1.165) is 6.42 Å². The van der Waals surface area contributed by atoms with Crippen LogP contribution < -0.4 is 10.6 Å². The largest absolute Gasteiger partial charge is 0.481 e. The number of hydrogen-bond donors (Lipinski definition) is 3. The zero-order valence-corrected chi connectivity index (χ0v) is 12.9. The van der Waals surface area contributed by atoms with Gasteiger partial charge < -0.3 is 20.5 Å². The van der Waals surface area contributed by atoms with Gasteiger partial charge in [-0.15, -0.1) is 0 Å². The molecule has 0 aromatic rings. The van der Waals surface area contributed by atoms with Gasteiger partial charge >= 0.3 is 12.0 Å². The lowest BCUT2D eigenvalue weighted by atomic mass is 9.94. The van der Waals surface area contributed by atoms with Crippen molar-refractivity contribution in [3.05, 3.63) is 0 Å². The van der Waals surface area contributed by atoms with E-state index in [-0.39, 0.29) is 24.4 Å². The number of carboxylic acids is 1. The van der Waals surface area contributed by atoms with E-state index in [2.05, 4.69) is 10.6 Å². The molecule has 3 N–H and O–H groups in total. The molecule has 0 rings (SSSR count). The van der Waals surface area contributed by atoms with Crippen molar-refractivity contribution < 1.29 is 19.4 Å². The molecule has 0 fully saturated rings. The van der Waals surface area contributed by atoms with Gasteiger partial charge in [-0.1, -0.05) is 13.8 Å². The molecule has 118 valence electrons. The Morgan fingerprint density at radius 1 is 1.25 bits per heavy atom. The number of amides is 2. The van der Waals surface area contributed by atoms with Crippen molar-refractivity contribution in [1.82, 2.24) is 10.6 Å². The lowest BCUT2D eigenvalue weighted by molar-refractivity contribution is -0.138. The summed E-state index contributed by atoms with van der Waals surface area (Å²) in [5.41, 5.74) is 0. The van der Waals surface area contributed by atoms with Gasteiger partial charge in [0.05, 0.1) is 12.6 Å². The number of nitrogens with one attached hydrogen (secondary N) is 2. The van der Waals surface area contributed by atoms with Crippen LogP contribution in [0.25, 0.3) is 0 Å². The minimum Gasteiger partial charge on any atom is -0.481 e. The van der Waals surface area contributed by atoms with Gasteiger partial charge in [-0.05, 0) is 32.1 Å². The van der Waals surface area contributed by atoms with Crippen LogP contribution in [0.5, 0.6) is 0 Å². The highest BCUT2D eigenvalue weighted by molar-refractivity contribution is 5.74. The second-order valence-electron chi connectivity index (χ2n) is 5.51. The summed E-state index contributed by atoms with van der Waals surface area (Å²) < 4.78 is 5.21. The fourth-order valence-corrected chi connectivity index (χ4v) is 2.00. The van der Waals surface area contributed by atoms with Crippen molar-refractivity contribution >= 4 is 12.0 Å². The van der Waals surface area contributed by atoms with Crippen LogP contribution in [0.1, 0.15) is 40.5 Å². The standard InChI is InChI=1S/C14H28N2O4/c1-5-20-9-11(4)16-14(19)15-8-12(6-10(2)3)7-13(17)18/h10-12H,5-9H2,1-4H3,(H,17,18)(H2,15,16,19)/t11?,12-/m0/s1. The van der Waals surface area contributed by atoms with Crippen molar-refractivity contribution in [3.63, 3.8) is 0 Å². The van der Waals surface area contributed by atoms with Crippen molar-refractivity contribution in [2.75, 3.05) is 19.8 Å². The van der Waals surface area contributed by atoms with Crippen LogP contribution in [0.3, 0.4) is 0 Å². The van der Waals surface area contributed by atoms with E-state index in [1.54, 1.807) is 0 Å². The van der Waals surface area contributed by atoms with Gasteiger partial charge in [0.15, 0.2) is 0 Å². The maximum Gasteiger partial charge on any atom is 0.315 e. The molecule has 20 heavy (non-hydrogen) atoms. The summed E-state index contributed by atoms with van der Waals surface area (Å²) >= 11 is 0. The number of carboxylic acid groups (broad SMARTS) is 1. The topological polar surface area (TPSA) is 87.7 Å². The smallest absolute Gasteiger partial charge is 0.315 e. The summed E-state index contributed by atoms with van der Waals surface area (Å²) in [4.78, 5) is 22.5. The molecule has 0 aliphatic heterocycles. The maximum atomic E-state index is 11.7. The Balaban J connectivity index is 4.06. The molecule has 6 nitrogen and oxygen atoms in total. The van der Waals surface area contributed by atoms with Gasteiger partial charge in [-0.2, -0.15) is 0 Å². The number of aliphatic carboxylic acids is 1. The first-order valence-electron chi connectivity index (χ1n) is 7.19. The van der Waals surface area contributed by atoms with E-state index in [1.807, 2.05) is 27.7 Å². The van der Waals surface area contributed by atoms with Crippen molar-refractivity contribution in [1.29, 1.82) is 0 Å². The highest BCUT2D eigenvalue weighted by Gasteiger charge is 2.16. The van der Waals surface area contributed by atoms with Crippen LogP contribution in [0, 0.1) is 11.8 Å². The number of carbonyl (C=O) groups is 2. The minimum atomic E-state index is -0.831. The predicted octanol–water partition coefficient (Wildman–Crippen LogP) is 1.85. The fourth-order valence-electron chi connectivity index (χ4n) is 2.00. The van der Waals surface area contributed by atoms with E-state index in [9.17, 15) is 9.59 Å². The third kappa shape index (κ3) is 10.6. The summed E-state index contributed by atoms with van der Waals surface area (Å²) in [5.74, 6) is -0.468. The van der Waals surface area contributed by atoms with E-state index >= 15 is 0 Å². The van der Waals surface area contributed by atoms with Gasteiger partial charge in [0, 0.05) is 19.6 Å². The monoisotopic (exact) mass is 288 g/mol. The molecule has 0 aromatic heterocycles. The van der Waals surface area contributed by atoms with Crippen LogP contribution >= 0.6 is 0 Å². The molecule has 0 heterocycles. The Bertz CT molecular complexity index is 295. The Kier molecular flexibility index (Phi) is 9.80. The zero-order chi connectivity index (χ0) is 15.5. The molecule has 0 aromatic carbocycles.